The van der Waals surface area contributed by atoms with E-state index in [2.05, 4.69) is 16.0 Å². The van der Waals surface area contributed by atoms with Crippen LogP contribution in [0.25, 0.3) is 11.8 Å². The maximum absolute atomic E-state index is 14.1. The number of imidazole rings is 1. The van der Waals surface area contributed by atoms with Crippen LogP contribution in [-0.2, 0) is 4.74 Å². The minimum Gasteiger partial charge on any atom is -0.495 e. The van der Waals surface area contributed by atoms with Crippen molar-refractivity contribution in [3.05, 3.63) is 82.7 Å². The standard InChI is InChI=1S/C28H27F3N4O2/c1-17-12-34(16-33-17)24-4-3-18(8-25(24)36-2)7-20-11-28(14-37-15-28)13-35-23(5-6-32-27(20)35)19-9-21(29)26(31)22(30)10-19/h3-4,7-10,12,16,23H,5-6,11,13-15H2,1-2H3/b20-7+. The van der Waals surface area contributed by atoms with Crippen LogP contribution in [0, 0.1) is 29.8 Å². The number of aryl methyl sites for hydroxylation is 1. The first-order valence-corrected chi connectivity index (χ1v) is 12.3. The number of fused-ring (bicyclic) bond motifs is 1. The summed E-state index contributed by atoms with van der Waals surface area (Å²) in [4.78, 5) is 11.3. The van der Waals surface area contributed by atoms with Crippen molar-refractivity contribution in [1.29, 1.82) is 0 Å². The average molecular weight is 509 g/mol. The Balaban J connectivity index is 1.38. The molecule has 37 heavy (non-hydrogen) atoms. The van der Waals surface area contributed by atoms with Crippen LogP contribution >= 0.6 is 0 Å². The molecule has 0 saturated carbocycles. The van der Waals surface area contributed by atoms with Gasteiger partial charge in [0, 0.05) is 24.7 Å². The van der Waals surface area contributed by atoms with Crippen molar-refractivity contribution in [2.24, 2.45) is 10.4 Å². The summed E-state index contributed by atoms with van der Waals surface area (Å²) in [6.07, 6.45) is 7.16. The van der Waals surface area contributed by atoms with E-state index in [-0.39, 0.29) is 11.5 Å². The molecule has 1 spiro atoms. The predicted octanol–water partition coefficient (Wildman–Crippen LogP) is 5.26. The van der Waals surface area contributed by atoms with Crippen molar-refractivity contribution in [2.75, 3.05) is 33.4 Å². The number of piperidine rings is 1. The first-order chi connectivity index (χ1) is 17.9. The molecule has 0 amide bonds. The monoisotopic (exact) mass is 508 g/mol. The Hall–Kier alpha value is -3.59. The molecule has 2 aromatic carbocycles. The number of hydrogen-bond acceptors (Lipinski definition) is 5. The number of methoxy groups -OCH3 is 1. The Labute approximate surface area is 213 Å². The van der Waals surface area contributed by atoms with Crippen LogP contribution < -0.4 is 4.74 Å². The number of nitrogens with zero attached hydrogens (tertiary/aromatic N) is 4. The fraction of sp³-hybridized carbons (Fsp3) is 0.357. The summed E-state index contributed by atoms with van der Waals surface area (Å²) < 4.78 is 55.1. The molecule has 3 aliphatic rings. The summed E-state index contributed by atoms with van der Waals surface area (Å²) >= 11 is 0. The Morgan fingerprint density at radius 2 is 1.92 bits per heavy atom. The Bertz CT molecular complexity index is 1400. The molecule has 0 N–H and O–H groups in total. The second-order valence-corrected chi connectivity index (χ2v) is 10.1. The van der Waals surface area contributed by atoms with Crippen LogP contribution in [0.1, 0.15) is 35.7 Å². The zero-order valence-corrected chi connectivity index (χ0v) is 20.7. The molecule has 0 radical (unpaired) electrons. The van der Waals surface area contributed by atoms with Gasteiger partial charge in [-0.3, -0.25) is 4.99 Å². The largest absolute Gasteiger partial charge is 0.495 e. The molecular weight excluding hydrogens is 481 g/mol. The second kappa shape index (κ2) is 9.06. The van der Waals surface area contributed by atoms with Crippen molar-refractivity contribution >= 4 is 11.9 Å². The highest BCUT2D eigenvalue weighted by Crippen LogP contribution is 2.45. The molecule has 2 saturated heterocycles. The molecule has 4 heterocycles. The first-order valence-electron chi connectivity index (χ1n) is 12.3. The Kier molecular flexibility index (Phi) is 5.82. The molecule has 0 aliphatic carbocycles. The number of amidine groups is 1. The lowest BCUT2D eigenvalue weighted by Crippen LogP contribution is -2.58. The van der Waals surface area contributed by atoms with Crippen LogP contribution in [0.4, 0.5) is 13.2 Å². The summed E-state index contributed by atoms with van der Waals surface area (Å²) in [7, 11) is 1.64. The van der Waals surface area contributed by atoms with E-state index in [1.807, 2.05) is 35.9 Å². The van der Waals surface area contributed by atoms with Gasteiger partial charge in [0.1, 0.15) is 11.6 Å². The molecule has 1 aromatic heterocycles. The minimum atomic E-state index is -1.44. The van der Waals surface area contributed by atoms with Crippen molar-refractivity contribution in [2.45, 2.75) is 25.8 Å². The van der Waals surface area contributed by atoms with E-state index >= 15 is 0 Å². The van der Waals surface area contributed by atoms with Crippen LogP contribution in [0.5, 0.6) is 5.75 Å². The van der Waals surface area contributed by atoms with Gasteiger partial charge in [0.2, 0.25) is 0 Å². The fourth-order valence-electron chi connectivity index (χ4n) is 5.62. The van der Waals surface area contributed by atoms with E-state index < -0.39 is 17.5 Å². The predicted molar refractivity (Wildman–Crippen MR) is 133 cm³/mol. The maximum atomic E-state index is 14.1. The number of aromatic nitrogens is 2. The average Bonchev–Trinajstić information content (AvgIpc) is 3.31. The molecular formula is C28H27F3N4O2. The smallest absolute Gasteiger partial charge is 0.194 e. The van der Waals surface area contributed by atoms with E-state index in [0.717, 1.165) is 46.9 Å². The van der Waals surface area contributed by atoms with E-state index in [9.17, 15) is 13.2 Å². The molecule has 1 atom stereocenters. The maximum Gasteiger partial charge on any atom is 0.194 e. The molecule has 1 unspecified atom stereocenters. The zero-order valence-electron chi connectivity index (χ0n) is 20.7. The molecule has 3 aromatic rings. The van der Waals surface area contributed by atoms with Crippen molar-refractivity contribution in [3.63, 3.8) is 0 Å². The minimum absolute atomic E-state index is 0.101. The SMILES string of the molecule is COc1cc(/C=C2\CC3(COC3)CN3C2=NCCC3c2cc(F)c(F)c(F)c2)ccc1-n1cnc(C)c1. The van der Waals surface area contributed by atoms with Crippen LogP contribution in [0.3, 0.4) is 0 Å². The topological polar surface area (TPSA) is 51.9 Å². The van der Waals surface area contributed by atoms with Crippen molar-refractivity contribution in [1.82, 2.24) is 14.5 Å². The Morgan fingerprint density at radius 3 is 2.57 bits per heavy atom. The van der Waals surface area contributed by atoms with Gasteiger partial charge in [-0.1, -0.05) is 6.07 Å². The van der Waals surface area contributed by atoms with Crippen LogP contribution in [0.15, 0.2) is 53.4 Å². The van der Waals surface area contributed by atoms with Gasteiger partial charge < -0.3 is 18.9 Å². The highest BCUT2D eigenvalue weighted by atomic mass is 19.2. The van der Waals surface area contributed by atoms with E-state index in [1.165, 1.54) is 0 Å². The number of aliphatic imine (C=N–C) groups is 1. The fourth-order valence-corrected chi connectivity index (χ4v) is 5.62. The molecule has 6 rings (SSSR count). The lowest BCUT2D eigenvalue weighted by molar-refractivity contribution is -0.126. The number of benzene rings is 2. The number of halogens is 3. The van der Waals surface area contributed by atoms with Gasteiger partial charge in [-0.2, -0.15) is 0 Å². The summed E-state index contributed by atoms with van der Waals surface area (Å²) in [6, 6.07) is 7.90. The van der Waals surface area contributed by atoms with Crippen molar-refractivity contribution in [3.8, 4) is 11.4 Å². The number of hydrogen-bond donors (Lipinski definition) is 0. The van der Waals surface area contributed by atoms with E-state index in [1.54, 1.807) is 13.4 Å². The first kappa shape index (κ1) is 23.8. The van der Waals surface area contributed by atoms with Gasteiger partial charge in [0.25, 0.3) is 0 Å². The van der Waals surface area contributed by atoms with Crippen molar-refractivity contribution < 1.29 is 22.6 Å². The zero-order chi connectivity index (χ0) is 25.7. The van der Waals surface area contributed by atoms with E-state index in [4.69, 9.17) is 14.5 Å². The molecule has 6 nitrogen and oxygen atoms in total. The van der Waals surface area contributed by atoms with Gasteiger partial charge in [0.05, 0.1) is 44.1 Å². The number of rotatable bonds is 4. The van der Waals surface area contributed by atoms with Gasteiger partial charge in [-0.15, -0.1) is 0 Å². The highest BCUT2D eigenvalue weighted by Gasteiger charge is 2.48. The van der Waals surface area contributed by atoms with Gasteiger partial charge in [0.15, 0.2) is 17.5 Å². The normalized spacial score (nSPS) is 21.5. The van der Waals surface area contributed by atoms with Gasteiger partial charge in [-0.05, 0) is 66.8 Å². The lowest BCUT2D eigenvalue weighted by Gasteiger charge is -2.53. The van der Waals surface area contributed by atoms with Gasteiger partial charge >= 0.3 is 0 Å². The third-order valence-corrected chi connectivity index (χ3v) is 7.41. The van der Waals surface area contributed by atoms with Gasteiger partial charge in [-0.25, -0.2) is 18.2 Å². The third kappa shape index (κ3) is 4.21. The molecule has 2 fully saturated rings. The molecule has 9 heteroatoms. The molecule has 3 aliphatic heterocycles. The summed E-state index contributed by atoms with van der Waals surface area (Å²) in [5.41, 5.74) is 4.10. The van der Waals surface area contributed by atoms with E-state index in [0.29, 0.717) is 44.0 Å². The quantitative estimate of drug-likeness (QED) is 0.452. The molecule has 192 valence electrons. The summed E-state index contributed by atoms with van der Waals surface area (Å²) in [5.74, 6) is -2.27. The highest BCUT2D eigenvalue weighted by molar-refractivity contribution is 6.03. The second-order valence-electron chi connectivity index (χ2n) is 10.1. The third-order valence-electron chi connectivity index (χ3n) is 7.41. The summed E-state index contributed by atoms with van der Waals surface area (Å²) in [5, 5.41) is 0. The Morgan fingerprint density at radius 1 is 1.14 bits per heavy atom. The van der Waals surface area contributed by atoms with Crippen LogP contribution in [0.2, 0.25) is 0 Å². The summed E-state index contributed by atoms with van der Waals surface area (Å²) in [6.45, 7) is 4.32. The van der Waals surface area contributed by atoms with Crippen LogP contribution in [-0.4, -0.2) is 53.7 Å². The lowest BCUT2D eigenvalue weighted by atomic mass is 9.74. The molecule has 0 bridgehead atoms. The number of ether oxygens (including phenoxy) is 2.